The minimum atomic E-state index is 0.249. The SMILES string of the molecule is Oc1c(-n2c3ccccc3c3ccccc32)csc1-c1ccccc1OCCCCCOc1ccccc1-c1scc(-n2c3ccccc3c3ccccc32)c1O. The third kappa shape index (κ3) is 6.09. The molecule has 2 N–H and O–H groups in total. The molecule has 6 aromatic carbocycles. The molecule has 57 heavy (non-hydrogen) atoms. The second kappa shape index (κ2) is 14.9. The average Bonchev–Trinajstić information content (AvgIpc) is 4.01. The predicted octanol–water partition coefficient (Wildman–Crippen LogP) is 13.4. The third-order valence-corrected chi connectivity index (χ3v) is 12.7. The summed E-state index contributed by atoms with van der Waals surface area (Å²) in [6, 6.07) is 49.2. The van der Waals surface area contributed by atoms with Crippen LogP contribution in [0.15, 0.2) is 156 Å². The summed E-state index contributed by atoms with van der Waals surface area (Å²) in [5.41, 5.74) is 7.53. The van der Waals surface area contributed by atoms with Crippen molar-refractivity contribution < 1.29 is 19.7 Å². The van der Waals surface area contributed by atoms with Gasteiger partial charge in [-0.1, -0.05) is 97.1 Å². The molecule has 4 heterocycles. The van der Waals surface area contributed by atoms with Crippen LogP contribution in [0.4, 0.5) is 0 Å². The molecular weight excluding hydrogens is 745 g/mol. The second-order valence-electron chi connectivity index (χ2n) is 14.1. The lowest BCUT2D eigenvalue weighted by molar-refractivity contribution is 0.280. The van der Waals surface area contributed by atoms with E-state index in [1.165, 1.54) is 22.7 Å². The molecule has 280 valence electrons. The van der Waals surface area contributed by atoms with E-state index in [0.29, 0.717) is 13.2 Å². The number of hydrogen-bond acceptors (Lipinski definition) is 6. The number of ether oxygens (including phenoxy) is 2. The van der Waals surface area contributed by atoms with Gasteiger partial charge in [0.1, 0.15) is 11.5 Å². The first-order valence-electron chi connectivity index (χ1n) is 19.2. The topological polar surface area (TPSA) is 68.8 Å². The average molecular weight is 783 g/mol. The lowest BCUT2D eigenvalue weighted by Gasteiger charge is -2.13. The zero-order chi connectivity index (χ0) is 38.3. The highest BCUT2D eigenvalue weighted by molar-refractivity contribution is 7.14. The summed E-state index contributed by atoms with van der Waals surface area (Å²) >= 11 is 3.05. The number of unbranched alkanes of at least 4 members (excludes halogenated alkanes) is 2. The summed E-state index contributed by atoms with van der Waals surface area (Å²) in [6.07, 6.45) is 2.64. The highest BCUT2D eigenvalue weighted by Crippen LogP contribution is 2.48. The van der Waals surface area contributed by atoms with Crippen molar-refractivity contribution in [2.24, 2.45) is 0 Å². The Kier molecular flexibility index (Phi) is 9.13. The minimum absolute atomic E-state index is 0.249. The van der Waals surface area contributed by atoms with Gasteiger partial charge >= 0.3 is 0 Å². The molecule has 0 aliphatic carbocycles. The summed E-state index contributed by atoms with van der Waals surface area (Å²) in [4.78, 5) is 1.57. The van der Waals surface area contributed by atoms with E-state index in [1.807, 2.05) is 83.6 Å². The number of rotatable bonds is 12. The molecule has 0 amide bonds. The van der Waals surface area contributed by atoms with Crippen LogP contribution in [-0.4, -0.2) is 32.6 Å². The van der Waals surface area contributed by atoms with Crippen LogP contribution < -0.4 is 9.47 Å². The molecule has 8 heteroatoms. The smallest absolute Gasteiger partial charge is 0.158 e. The van der Waals surface area contributed by atoms with Crippen LogP contribution in [-0.2, 0) is 0 Å². The fraction of sp³-hybridized carbons (Fsp3) is 0.102. The fourth-order valence-corrected chi connectivity index (χ4v) is 9.97. The largest absolute Gasteiger partial charge is 0.504 e. The number of aromatic nitrogens is 2. The highest BCUT2D eigenvalue weighted by Gasteiger charge is 2.22. The lowest BCUT2D eigenvalue weighted by Crippen LogP contribution is -2.02. The number of fused-ring (bicyclic) bond motifs is 6. The summed E-state index contributed by atoms with van der Waals surface area (Å²) in [5, 5.41) is 32.1. The Morgan fingerprint density at radius 3 is 1.12 bits per heavy atom. The van der Waals surface area contributed by atoms with Crippen LogP contribution in [0.1, 0.15) is 19.3 Å². The molecule has 0 unspecified atom stereocenters. The maximum atomic E-state index is 11.7. The van der Waals surface area contributed by atoms with Crippen molar-refractivity contribution in [1.82, 2.24) is 9.13 Å². The Morgan fingerprint density at radius 1 is 0.404 bits per heavy atom. The third-order valence-electron chi connectivity index (χ3n) is 10.7. The van der Waals surface area contributed by atoms with E-state index in [2.05, 4.69) is 81.9 Å². The molecule has 4 aromatic heterocycles. The van der Waals surface area contributed by atoms with E-state index in [4.69, 9.17) is 9.47 Å². The van der Waals surface area contributed by atoms with Crippen molar-refractivity contribution in [3.05, 3.63) is 156 Å². The van der Waals surface area contributed by atoms with Crippen LogP contribution in [0.25, 0.3) is 75.9 Å². The predicted molar refractivity (Wildman–Crippen MR) is 236 cm³/mol. The molecule has 0 radical (unpaired) electrons. The Bertz CT molecular complexity index is 2750. The molecule has 0 fully saturated rings. The number of para-hydroxylation sites is 6. The zero-order valence-electron chi connectivity index (χ0n) is 31.0. The number of hydrogen-bond donors (Lipinski definition) is 2. The van der Waals surface area contributed by atoms with E-state index in [9.17, 15) is 10.2 Å². The first kappa shape index (κ1) is 35.0. The van der Waals surface area contributed by atoms with Crippen molar-refractivity contribution in [3.8, 4) is 55.3 Å². The molecule has 10 rings (SSSR count). The van der Waals surface area contributed by atoms with Gasteiger partial charge in [-0.3, -0.25) is 0 Å². The van der Waals surface area contributed by atoms with E-state index in [0.717, 1.165) is 107 Å². The van der Waals surface area contributed by atoms with Gasteiger partial charge in [0.15, 0.2) is 11.5 Å². The molecule has 0 saturated heterocycles. The van der Waals surface area contributed by atoms with Crippen molar-refractivity contribution in [1.29, 1.82) is 0 Å². The van der Waals surface area contributed by atoms with Crippen LogP contribution in [0.3, 0.4) is 0 Å². The summed E-state index contributed by atoms with van der Waals surface area (Å²) in [7, 11) is 0. The van der Waals surface area contributed by atoms with E-state index >= 15 is 0 Å². The maximum Gasteiger partial charge on any atom is 0.158 e. The normalized spacial score (nSPS) is 11.6. The van der Waals surface area contributed by atoms with Crippen LogP contribution in [0.2, 0.25) is 0 Å². The van der Waals surface area contributed by atoms with Crippen LogP contribution in [0, 0.1) is 0 Å². The minimum Gasteiger partial charge on any atom is -0.504 e. The summed E-state index contributed by atoms with van der Waals surface area (Å²) < 4.78 is 17.0. The summed E-state index contributed by atoms with van der Waals surface area (Å²) in [5.74, 6) is 2.01. The molecule has 0 spiro atoms. The Morgan fingerprint density at radius 2 is 0.737 bits per heavy atom. The van der Waals surface area contributed by atoms with Crippen molar-refractivity contribution in [3.63, 3.8) is 0 Å². The number of aromatic hydroxyl groups is 2. The van der Waals surface area contributed by atoms with Gasteiger partial charge in [-0.05, 0) is 67.8 Å². The van der Waals surface area contributed by atoms with Crippen molar-refractivity contribution in [2.45, 2.75) is 19.3 Å². The van der Waals surface area contributed by atoms with Gasteiger partial charge < -0.3 is 28.8 Å². The van der Waals surface area contributed by atoms with Gasteiger partial charge in [0.05, 0.1) is 56.4 Å². The Balaban J connectivity index is 0.798. The molecule has 6 nitrogen and oxygen atoms in total. The van der Waals surface area contributed by atoms with E-state index in [-0.39, 0.29) is 11.5 Å². The molecule has 0 aliphatic heterocycles. The monoisotopic (exact) mass is 782 g/mol. The molecule has 0 aliphatic rings. The Labute approximate surface area is 337 Å². The van der Waals surface area contributed by atoms with Gasteiger partial charge in [-0.15, -0.1) is 22.7 Å². The fourth-order valence-electron chi connectivity index (χ4n) is 8.05. The number of benzene rings is 6. The van der Waals surface area contributed by atoms with Crippen molar-refractivity contribution in [2.75, 3.05) is 13.2 Å². The number of nitrogens with zero attached hydrogens (tertiary/aromatic N) is 2. The molecule has 0 saturated carbocycles. The molecule has 0 atom stereocenters. The lowest BCUT2D eigenvalue weighted by atomic mass is 10.1. The zero-order valence-corrected chi connectivity index (χ0v) is 32.6. The van der Waals surface area contributed by atoms with Crippen LogP contribution >= 0.6 is 22.7 Å². The van der Waals surface area contributed by atoms with Crippen molar-refractivity contribution >= 4 is 66.3 Å². The van der Waals surface area contributed by atoms with Gasteiger partial charge in [0.25, 0.3) is 0 Å². The van der Waals surface area contributed by atoms with Gasteiger partial charge in [-0.2, -0.15) is 0 Å². The molecular formula is C49H38N2O4S2. The van der Waals surface area contributed by atoms with Crippen LogP contribution in [0.5, 0.6) is 23.0 Å². The molecule has 10 aromatic rings. The summed E-state index contributed by atoms with van der Waals surface area (Å²) in [6.45, 7) is 1.10. The maximum absolute atomic E-state index is 11.7. The standard InChI is InChI=1S/C49H38N2O4S2/c52-46-42(50-38-22-8-2-16-32(38)33-17-3-9-23-39(33)50)30-56-48(46)36-20-6-12-26-44(36)54-28-14-1-15-29-55-45-27-13-7-21-37(45)49-47(53)43(31-57-49)51-40-24-10-4-18-34(40)35-19-5-11-25-41(35)51/h2-13,16-27,30-31,52-53H,1,14-15,28-29H2. The Hall–Kier alpha value is -6.48. The van der Waals surface area contributed by atoms with Gasteiger partial charge in [-0.25, -0.2) is 0 Å². The van der Waals surface area contributed by atoms with E-state index < -0.39 is 0 Å². The van der Waals surface area contributed by atoms with Gasteiger partial charge in [0, 0.05) is 43.4 Å². The first-order valence-corrected chi connectivity index (χ1v) is 21.0. The van der Waals surface area contributed by atoms with Gasteiger partial charge in [0.2, 0.25) is 0 Å². The second-order valence-corrected chi connectivity index (χ2v) is 15.8. The molecule has 0 bridgehead atoms. The number of thiophene rings is 2. The highest BCUT2D eigenvalue weighted by atomic mass is 32.1. The van der Waals surface area contributed by atoms with E-state index in [1.54, 1.807) is 0 Å². The quantitative estimate of drug-likeness (QED) is 0.121. The first-order chi connectivity index (χ1) is 28.2.